The lowest BCUT2D eigenvalue weighted by atomic mass is 10.2. The summed E-state index contributed by atoms with van der Waals surface area (Å²) in [5, 5.41) is 0. The first-order valence-corrected chi connectivity index (χ1v) is 5.57. The zero-order valence-corrected chi connectivity index (χ0v) is 10.3. The molecule has 0 radical (unpaired) electrons. The molecule has 0 saturated heterocycles. The monoisotopic (exact) mass is 242 g/mol. The minimum atomic E-state index is -0.395. The highest BCUT2D eigenvalue weighted by Crippen LogP contribution is 2.12. The van der Waals surface area contributed by atoms with Gasteiger partial charge in [0.25, 0.3) is 0 Å². The molecule has 92 valence electrons. The Balaban J connectivity index is 2.30. The molecule has 0 N–H and O–H groups in total. The summed E-state index contributed by atoms with van der Waals surface area (Å²) in [6.07, 6.45) is 6.52. The van der Waals surface area contributed by atoms with Crippen molar-refractivity contribution in [2.24, 2.45) is 0 Å². The van der Waals surface area contributed by atoms with Gasteiger partial charge in [0.2, 0.25) is 0 Å². The van der Waals surface area contributed by atoms with Gasteiger partial charge in [-0.15, -0.1) is 0 Å². The standard InChI is InChI=1S/C14H14N2O2/c1-11-3-5-12(6-4-11)16-10-9-15-13(16)7-8-14(17)18-2/h3-10H,1-2H3. The fourth-order valence-electron chi connectivity index (χ4n) is 1.57. The lowest BCUT2D eigenvalue weighted by Crippen LogP contribution is -1.98. The van der Waals surface area contributed by atoms with Gasteiger partial charge in [-0.3, -0.25) is 0 Å². The van der Waals surface area contributed by atoms with Crippen LogP contribution in [0.2, 0.25) is 0 Å². The van der Waals surface area contributed by atoms with Crippen molar-refractivity contribution < 1.29 is 9.53 Å². The van der Waals surface area contributed by atoms with Crippen molar-refractivity contribution in [3.8, 4) is 5.69 Å². The molecule has 0 fully saturated rings. The van der Waals surface area contributed by atoms with Gasteiger partial charge >= 0.3 is 5.97 Å². The maximum atomic E-state index is 11.1. The quantitative estimate of drug-likeness (QED) is 0.613. The first-order chi connectivity index (χ1) is 8.70. The summed E-state index contributed by atoms with van der Waals surface area (Å²) in [7, 11) is 1.35. The fraction of sp³-hybridized carbons (Fsp3) is 0.143. The van der Waals surface area contributed by atoms with Crippen LogP contribution in [0.25, 0.3) is 11.8 Å². The summed E-state index contributed by atoms with van der Waals surface area (Å²) in [5.74, 6) is 0.290. The third-order valence-corrected chi connectivity index (χ3v) is 2.55. The number of aryl methyl sites for hydroxylation is 1. The number of imidazole rings is 1. The molecule has 1 aromatic heterocycles. The minimum absolute atomic E-state index is 0.395. The van der Waals surface area contributed by atoms with Gasteiger partial charge in [0, 0.05) is 24.2 Å². The first kappa shape index (κ1) is 12.1. The molecule has 0 saturated carbocycles. The highest BCUT2D eigenvalue weighted by atomic mass is 16.5. The van der Waals surface area contributed by atoms with E-state index in [2.05, 4.69) is 9.72 Å². The Morgan fingerprint density at radius 1 is 1.33 bits per heavy atom. The summed E-state index contributed by atoms with van der Waals surface area (Å²) in [6.45, 7) is 2.04. The molecular formula is C14H14N2O2. The summed E-state index contributed by atoms with van der Waals surface area (Å²) < 4.78 is 6.45. The molecule has 0 amide bonds. The molecule has 0 aliphatic rings. The topological polar surface area (TPSA) is 44.1 Å². The number of benzene rings is 1. The van der Waals surface area contributed by atoms with Crippen LogP contribution in [-0.2, 0) is 9.53 Å². The van der Waals surface area contributed by atoms with Crippen LogP contribution in [0.4, 0.5) is 0 Å². The van der Waals surface area contributed by atoms with Gasteiger partial charge in [0.15, 0.2) is 0 Å². The average Bonchev–Trinajstić information content (AvgIpc) is 2.85. The SMILES string of the molecule is COC(=O)C=Cc1nccn1-c1ccc(C)cc1. The Morgan fingerprint density at radius 2 is 2.06 bits per heavy atom. The number of ether oxygens (including phenoxy) is 1. The number of esters is 1. The summed E-state index contributed by atoms with van der Waals surface area (Å²) >= 11 is 0. The number of nitrogens with zero attached hydrogens (tertiary/aromatic N) is 2. The molecule has 0 unspecified atom stereocenters. The van der Waals surface area contributed by atoms with E-state index in [1.54, 1.807) is 12.3 Å². The lowest BCUT2D eigenvalue weighted by Gasteiger charge is -2.05. The zero-order chi connectivity index (χ0) is 13.0. The molecule has 2 aromatic rings. The number of carbonyl (C=O) groups excluding carboxylic acids is 1. The molecule has 0 spiro atoms. The van der Waals surface area contributed by atoms with Crippen LogP contribution in [-0.4, -0.2) is 22.6 Å². The maximum Gasteiger partial charge on any atom is 0.330 e. The lowest BCUT2D eigenvalue weighted by molar-refractivity contribution is -0.134. The summed E-state index contributed by atoms with van der Waals surface area (Å²) in [5.41, 5.74) is 2.20. The highest BCUT2D eigenvalue weighted by Gasteiger charge is 2.02. The highest BCUT2D eigenvalue weighted by molar-refractivity contribution is 5.86. The van der Waals surface area contributed by atoms with Gasteiger partial charge in [-0.1, -0.05) is 17.7 Å². The minimum Gasteiger partial charge on any atom is -0.466 e. The van der Waals surface area contributed by atoms with Gasteiger partial charge in [-0.25, -0.2) is 9.78 Å². The molecule has 4 nitrogen and oxygen atoms in total. The van der Waals surface area contributed by atoms with Crippen LogP contribution in [0.15, 0.2) is 42.7 Å². The Morgan fingerprint density at radius 3 is 2.72 bits per heavy atom. The number of hydrogen-bond donors (Lipinski definition) is 0. The van der Waals surface area contributed by atoms with Crippen molar-refractivity contribution in [2.75, 3.05) is 7.11 Å². The predicted octanol–water partition coefficient (Wildman–Crippen LogP) is 2.37. The van der Waals surface area contributed by atoms with E-state index in [0.717, 1.165) is 5.69 Å². The van der Waals surface area contributed by atoms with Crippen LogP contribution in [0, 0.1) is 6.92 Å². The van der Waals surface area contributed by atoms with E-state index in [9.17, 15) is 4.79 Å². The third-order valence-electron chi connectivity index (χ3n) is 2.55. The summed E-state index contributed by atoms with van der Waals surface area (Å²) in [6, 6.07) is 8.07. The predicted molar refractivity (Wildman–Crippen MR) is 69.4 cm³/mol. The number of aromatic nitrogens is 2. The van der Waals surface area contributed by atoms with Crippen molar-refractivity contribution in [1.29, 1.82) is 0 Å². The Kier molecular flexibility index (Phi) is 3.57. The molecular weight excluding hydrogens is 228 g/mol. The first-order valence-electron chi connectivity index (χ1n) is 5.57. The third kappa shape index (κ3) is 2.66. The Hall–Kier alpha value is -2.36. The number of hydrogen-bond acceptors (Lipinski definition) is 3. The van der Waals surface area contributed by atoms with Gasteiger partial charge in [-0.2, -0.15) is 0 Å². The van der Waals surface area contributed by atoms with Crippen LogP contribution >= 0.6 is 0 Å². The van der Waals surface area contributed by atoms with Crippen molar-refractivity contribution in [3.05, 3.63) is 54.1 Å². The molecule has 1 heterocycles. The molecule has 2 rings (SSSR count). The normalized spacial score (nSPS) is 10.8. The number of carbonyl (C=O) groups is 1. The fourth-order valence-corrected chi connectivity index (χ4v) is 1.57. The van der Waals surface area contributed by atoms with Crippen molar-refractivity contribution in [2.45, 2.75) is 6.92 Å². The number of rotatable bonds is 3. The molecule has 18 heavy (non-hydrogen) atoms. The second-order valence-corrected chi connectivity index (χ2v) is 3.85. The van der Waals surface area contributed by atoms with E-state index < -0.39 is 5.97 Å². The van der Waals surface area contributed by atoms with Gasteiger partial charge in [-0.05, 0) is 25.1 Å². The molecule has 0 aliphatic heterocycles. The van der Waals surface area contributed by atoms with Crippen molar-refractivity contribution >= 4 is 12.0 Å². The second kappa shape index (κ2) is 5.31. The molecule has 1 aromatic carbocycles. The van der Waals surface area contributed by atoms with Crippen LogP contribution in [0.1, 0.15) is 11.4 Å². The van der Waals surface area contributed by atoms with E-state index in [0.29, 0.717) is 5.82 Å². The van der Waals surface area contributed by atoms with E-state index in [1.807, 2.05) is 42.0 Å². The molecule has 0 atom stereocenters. The summed E-state index contributed by atoms with van der Waals surface area (Å²) in [4.78, 5) is 15.2. The molecule has 4 heteroatoms. The number of methoxy groups -OCH3 is 1. The Labute approximate surface area is 106 Å². The van der Waals surface area contributed by atoms with Gasteiger partial charge < -0.3 is 9.30 Å². The smallest absolute Gasteiger partial charge is 0.330 e. The van der Waals surface area contributed by atoms with Gasteiger partial charge in [0.05, 0.1) is 7.11 Å². The van der Waals surface area contributed by atoms with Crippen LogP contribution in [0.5, 0.6) is 0 Å². The largest absolute Gasteiger partial charge is 0.466 e. The Bertz CT molecular complexity index is 568. The molecule has 0 aliphatic carbocycles. The second-order valence-electron chi connectivity index (χ2n) is 3.85. The molecule has 0 bridgehead atoms. The van der Waals surface area contributed by atoms with Crippen LogP contribution in [0.3, 0.4) is 0 Å². The van der Waals surface area contributed by atoms with Crippen molar-refractivity contribution in [1.82, 2.24) is 9.55 Å². The van der Waals surface area contributed by atoms with Crippen LogP contribution < -0.4 is 0 Å². The van der Waals surface area contributed by atoms with Crippen molar-refractivity contribution in [3.63, 3.8) is 0 Å². The zero-order valence-electron chi connectivity index (χ0n) is 10.3. The van der Waals surface area contributed by atoms with E-state index in [1.165, 1.54) is 18.7 Å². The van der Waals surface area contributed by atoms with E-state index >= 15 is 0 Å². The van der Waals surface area contributed by atoms with E-state index in [4.69, 9.17) is 0 Å². The van der Waals surface area contributed by atoms with E-state index in [-0.39, 0.29) is 0 Å². The average molecular weight is 242 g/mol. The van der Waals surface area contributed by atoms with Gasteiger partial charge in [0.1, 0.15) is 5.82 Å². The maximum absolute atomic E-state index is 11.1.